The van der Waals surface area contributed by atoms with Crippen molar-refractivity contribution >= 4 is 33.7 Å². The predicted octanol–water partition coefficient (Wildman–Crippen LogP) is 2.46. The fraction of sp³-hybridized carbons (Fsp3) is 0.160. The highest BCUT2D eigenvalue weighted by Crippen LogP contribution is 2.25. The highest BCUT2D eigenvalue weighted by Gasteiger charge is 2.23. The molecule has 2 aromatic carbocycles. The van der Waals surface area contributed by atoms with Gasteiger partial charge >= 0.3 is 0 Å². The summed E-state index contributed by atoms with van der Waals surface area (Å²) < 4.78 is 4.14. The standard InChI is InChI=1S/C25H21N9/c1-3-8-18-16(6-1)30-24(22-26-12-13-27-22)33(18)20-10-5-11-21(32-20)34-19-9-4-2-7-17(19)31-25(34)23-28-14-15-29-23/h1-11H,12-15H2,(H,26,27)(H,28,29). The molecule has 0 saturated carbocycles. The number of nitrogens with one attached hydrogen (secondary N) is 2. The zero-order chi connectivity index (χ0) is 22.5. The number of benzene rings is 2. The van der Waals surface area contributed by atoms with E-state index >= 15 is 0 Å². The first-order valence-electron chi connectivity index (χ1n) is 11.4. The summed E-state index contributed by atoms with van der Waals surface area (Å²) in [5.41, 5.74) is 3.77. The summed E-state index contributed by atoms with van der Waals surface area (Å²) in [4.78, 5) is 24.1. The van der Waals surface area contributed by atoms with Gasteiger partial charge in [0.2, 0.25) is 0 Å². The Morgan fingerprint density at radius 3 is 1.53 bits per heavy atom. The summed E-state index contributed by atoms with van der Waals surface area (Å²) in [6.07, 6.45) is 0. The average molecular weight is 448 g/mol. The third kappa shape index (κ3) is 2.90. The van der Waals surface area contributed by atoms with Gasteiger partial charge in [-0.05, 0) is 36.4 Å². The third-order valence-corrected chi connectivity index (χ3v) is 6.07. The largest absolute Gasteiger partial charge is 0.365 e. The summed E-state index contributed by atoms with van der Waals surface area (Å²) in [6.45, 7) is 3.11. The summed E-state index contributed by atoms with van der Waals surface area (Å²) in [5, 5.41) is 6.71. The van der Waals surface area contributed by atoms with Crippen molar-refractivity contribution in [3.05, 3.63) is 78.4 Å². The number of amidine groups is 2. The number of rotatable bonds is 4. The molecule has 0 spiro atoms. The Hall–Kier alpha value is -4.53. The van der Waals surface area contributed by atoms with Gasteiger partial charge in [0.05, 0.1) is 35.2 Å². The molecule has 2 aliphatic heterocycles. The molecule has 0 saturated heterocycles. The number of imidazole rings is 2. The summed E-state index contributed by atoms with van der Waals surface area (Å²) >= 11 is 0. The molecule has 3 aromatic heterocycles. The second-order valence-electron chi connectivity index (χ2n) is 8.19. The van der Waals surface area contributed by atoms with Gasteiger partial charge in [-0.25, -0.2) is 15.0 Å². The first-order valence-corrected chi connectivity index (χ1v) is 11.4. The first-order chi connectivity index (χ1) is 16.9. The van der Waals surface area contributed by atoms with Crippen molar-refractivity contribution in [1.29, 1.82) is 0 Å². The highest BCUT2D eigenvalue weighted by atomic mass is 15.2. The van der Waals surface area contributed by atoms with Crippen molar-refractivity contribution in [3.8, 4) is 11.6 Å². The highest BCUT2D eigenvalue weighted by molar-refractivity contribution is 6.01. The molecule has 9 heteroatoms. The number of nitrogens with zero attached hydrogens (tertiary/aromatic N) is 7. The van der Waals surface area contributed by atoms with E-state index in [9.17, 15) is 0 Å². The van der Waals surface area contributed by atoms with E-state index in [0.29, 0.717) is 0 Å². The van der Waals surface area contributed by atoms with Crippen LogP contribution in [0.1, 0.15) is 11.6 Å². The smallest absolute Gasteiger partial charge is 0.182 e. The van der Waals surface area contributed by atoms with Crippen LogP contribution in [0.2, 0.25) is 0 Å². The Morgan fingerprint density at radius 1 is 0.559 bits per heavy atom. The quantitative estimate of drug-likeness (QED) is 0.441. The maximum atomic E-state index is 5.10. The number of para-hydroxylation sites is 4. The Kier molecular flexibility index (Phi) is 4.20. The predicted molar refractivity (Wildman–Crippen MR) is 132 cm³/mol. The van der Waals surface area contributed by atoms with Crippen molar-refractivity contribution in [1.82, 2.24) is 34.7 Å². The molecule has 34 heavy (non-hydrogen) atoms. The van der Waals surface area contributed by atoms with Crippen LogP contribution in [-0.4, -0.2) is 61.9 Å². The van der Waals surface area contributed by atoms with Crippen LogP contribution in [-0.2, 0) is 0 Å². The summed E-state index contributed by atoms with van der Waals surface area (Å²) in [6, 6.07) is 22.2. The van der Waals surface area contributed by atoms with Gasteiger partial charge in [-0.15, -0.1) is 0 Å². The van der Waals surface area contributed by atoms with Crippen LogP contribution in [0.3, 0.4) is 0 Å². The van der Waals surface area contributed by atoms with Gasteiger partial charge in [0.15, 0.2) is 23.3 Å². The van der Waals surface area contributed by atoms with Crippen molar-refractivity contribution in [2.45, 2.75) is 0 Å². The van der Waals surface area contributed by atoms with Crippen molar-refractivity contribution in [2.24, 2.45) is 9.98 Å². The topological polar surface area (TPSA) is 97.3 Å². The number of fused-ring (bicyclic) bond motifs is 2. The van der Waals surface area contributed by atoms with E-state index in [0.717, 1.165) is 83.2 Å². The lowest BCUT2D eigenvalue weighted by molar-refractivity contribution is 0.922. The van der Waals surface area contributed by atoms with Crippen molar-refractivity contribution in [3.63, 3.8) is 0 Å². The second kappa shape index (κ2) is 7.51. The van der Waals surface area contributed by atoms with Crippen LogP contribution in [0.4, 0.5) is 0 Å². The van der Waals surface area contributed by atoms with Gasteiger partial charge < -0.3 is 10.6 Å². The van der Waals surface area contributed by atoms with E-state index in [1.165, 1.54) is 0 Å². The fourth-order valence-electron chi connectivity index (χ4n) is 4.59. The molecule has 0 aliphatic carbocycles. The number of aromatic nitrogens is 5. The first kappa shape index (κ1) is 19.0. The average Bonchev–Trinajstić information content (AvgIpc) is 3.68. The van der Waals surface area contributed by atoms with E-state index in [4.69, 9.17) is 15.0 Å². The Labute approximate surface area is 194 Å². The van der Waals surface area contributed by atoms with E-state index in [-0.39, 0.29) is 0 Å². The Balaban J connectivity index is 1.46. The molecule has 0 fully saturated rings. The van der Waals surface area contributed by atoms with Gasteiger partial charge in [-0.1, -0.05) is 30.3 Å². The Morgan fingerprint density at radius 2 is 1.06 bits per heavy atom. The van der Waals surface area contributed by atoms with Crippen molar-refractivity contribution in [2.75, 3.05) is 26.2 Å². The molecular weight excluding hydrogens is 426 g/mol. The maximum absolute atomic E-state index is 5.10. The van der Waals surface area contributed by atoms with Gasteiger partial charge in [-0.3, -0.25) is 19.1 Å². The van der Waals surface area contributed by atoms with Crippen LogP contribution in [0, 0.1) is 0 Å². The zero-order valence-corrected chi connectivity index (χ0v) is 18.3. The fourth-order valence-corrected chi connectivity index (χ4v) is 4.59. The molecule has 5 aromatic rings. The number of hydrogen-bond acceptors (Lipinski definition) is 7. The van der Waals surface area contributed by atoms with E-state index in [2.05, 4.69) is 41.9 Å². The minimum atomic E-state index is 0.742. The van der Waals surface area contributed by atoms with E-state index < -0.39 is 0 Å². The molecule has 166 valence electrons. The van der Waals surface area contributed by atoms with Crippen LogP contribution in [0.15, 0.2) is 76.7 Å². The summed E-state index contributed by atoms with van der Waals surface area (Å²) in [7, 11) is 0. The number of pyridine rings is 1. The minimum Gasteiger partial charge on any atom is -0.365 e. The van der Waals surface area contributed by atoms with Crippen LogP contribution >= 0.6 is 0 Å². The zero-order valence-electron chi connectivity index (χ0n) is 18.3. The van der Waals surface area contributed by atoms with Gasteiger partial charge in [0, 0.05) is 13.1 Å². The lowest BCUT2D eigenvalue weighted by Gasteiger charge is -2.13. The van der Waals surface area contributed by atoms with Gasteiger partial charge in [0.1, 0.15) is 11.6 Å². The maximum Gasteiger partial charge on any atom is 0.182 e. The molecule has 5 heterocycles. The van der Waals surface area contributed by atoms with Crippen LogP contribution in [0.25, 0.3) is 33.7 Å². The molecule has 9 nitrogen and oxygen atoms in total. The Bertz CT molecular complexity index is 1510. The molecule has 2 aliphatic rings. The second-order valence-corrected chi connectivity index (χ2v) is 8.19. The number of aliphatic imine (C=N–C) groups is 2. The SMILES string of the molecule is c1cc(-n2c(C3=NCCN3)nc3ccccc32)nc(-n2c(C3=NCCN3)nc3ccccc32)c1. The number of hydrogen-bond donors (Lipinski definition) is 2. The van der Waals surface area contributed by atoms with Gasteiger partial charge in [-0.2, -0.15) is 0 Å². The molecular formula is C25H21N9. The molecule has 0 amide bonds. The molecule has 2 N–H and O–H groups in total. The minimum absolute atomic E-state index is 0.742. The van der Waals surface area contributed by atoms with Crippen LogP contribution < -0.4 is 10.6 Å². The lowest BCUT2D eigenvalue weighted by Crippen LogP contribution is -2.24. The molecule has 0 unspecified atom stereocenters. The van der Waals surface area contributed by atoms with Crippen LogP contribution in [0.5, 0.6) is 0 Å². The molecule has 0 atom stereocenters. The monoisotopic (exact) mass is 447 g/mol. The molecule has 0 bridgehead atoms. The van der Waals surface area contributed by atoms with E-state index in [1.807, 2.05) is 54.6 Å². The molecule has 0 radical (unpaired) electrons. The lowest BCUT2D eigenvalue weighted by atomic mass is 10.3. The van der Waals surface area contributed by atoms with Crippen molar-refractivity contribution < 1.29 is 0 Å². The molecule has 7 rings (SSSR count). The van der Waals surface area contributed by atoms with Gasteiger partial charge in [0.25, 0.3) is 0 Å². The third-order valence-electron chi connectivity index (χ3n) is 6.07. The summed E-state index contributed by atoms with van der Waals surface area (Å²) in [5.74, 6) is 4.65. The van der Waals surface area contributed by atoms with E-state index in [1.54, 1.807) is 0 Å². The normalized spacial score (nSPS) is 15.4.